The molecule has 8 heteroatoms. The van der Waals surface area contributed by atoms with Gasteiger partial charge in [0.1, 0.15) is 17.9 Å². The monoisotopic (exact) mass is 454 g/mol. The number of hydrogen-bond donors (Lipinski definition) is 3. The molecule has 2 aromatic carbocycles. The summed E-state index contributed by atoms with van der Waals surface area (Å²) < 4.78 is 1.73. The Hall–Kier alpha value is -4.17. The molecule has 0 saturated carbocycles. The number of nitrogens with two attached hydrogens (primary N) is 1. The zero-order valence-corrected chi connectivity index (χ0v) is 19.5. The highest BCUT2D eigenvalue weighted by molar-refractivity contribution is 6.18. The molecule has 8 nitrogen and oxygen atoms in total. The Bertz CT molecular complexity index is 1500. The summed E-state index contributed by atoms with van der Waals surface area (Å²) in [6.45, 7) is 4.47. The van der Waals surface area contributed by atoms with Crippen molar-refractivity contribution in [1.82, 2.24) is 24.8 Å². The number of aryl methyl sites for hydroxylation is 1. The van der Waals surface area contributed by atoms with Crippen molar-refractivity contribution >= 4 is 34.5 Å². The van der Waals surface area contributed by atoms with Crippen LogP contribution < -0.4 is 11.1 Å². The number of carbonyl (C=O) groups excluding carboxylic acids is 1. The maximum atomic E-state index is 13.6. The Morgan fingerprint density at radius 3 is 2.65 bits per heavy atom. The van der Waals surface area contributed by atoms with Gasteiger partial charge in [-0.15, -0.1) is 0 Å². The largest absolute Gasteiger partial charge is 0.508 e. The summed E-state index contributed by atoms with van der Waals surface area (Å²) in [5.41, 5.74) is 13.0. The van der Waals surface area contributed by atoms with Crippen LogP contribution in [0.2, 0.25) is 0 Å². The molecule has 2 aromatic heterocycles. The van der Waals surface area contributed by atoms with Gasteiger partial charge in [0.15, 0.2) is 5.65 Å². The summed E-state index contributed by atoms with van der Waals surface area (Å²) in [6, 6.07) is 11.4. The van der Waals surface area contributed by atoms with Crippen LogP contribution in [-0.4, -0.2) is 44.5 Å². The first-order valence-corrected chi connectivity index (χ1v) is 11.0. The highest BCUT2D eigenvalue weighted by atomic mass is 16.3. The van der Waals surface area contributed by atoms with Gasteiger partial charge in [-0.25, -0.2) is 9.97 Å². The molecule has 0 bridgehead atoms. The van der Waals surface area contributed by atoms with E-state index in [1.54, 1.807) is 10.6 Å². The quantitative estimate of drug-likeness (QED) is 0.435. The molecule has 34 heavy (non-hydrogen) atoms. The third-order valence-corrected chi connectivity index (χ3v) is 6.19. The molecule has 4 aromatic rings. The summed E-state index contributed by atoms with van der Waals surface area (Å²) in [6.07, 6.45) is 3.35. The number of rotatable bonds is 4. The molecule has 1 aliphatic rings. The third kappa shape index (κ3) is 3.31. The molecule has 0 fully saturated rings. The lowest BCUT2D eigenvalue weighted by molar-refractivity contribution is 0.0976. The summed E-state index contributed by atoms with van der Waals surface area (Å²) >= 11 is 0. The number of aromatic hydroxyl groups is 1. The fourth-order valence-electron chi connectivity index (χ4n) is 4.65. The predicted octanol–water partition coefficient (Wildman–Crippen LogP) is 3.63. The van der Waals surface area contributed by atoms with Crippen molar-refractivity contribution in [2.45, 2.75) is 20.4 Å². The van der Waals surface area contributed by atoms with Crippen LogP contribution in [0.4, 0.5) is 5.82 Å². The van der Waals surface area contributed by atoms with Crippen LogP contribution in [0, 0.1) is 13.8 Å². The first-order chi connectivity index (χ1) is 16.3. The van der Waals surface area contributed by atoms with E-state index >= 15 is 0 Å². The molecule has 4 N–H and O–H groups in total. The second-order valence-corrected chi connectivity index (χ2v) is 8.84. The molecule has 0 unspecified atom stereocenters. The van der Waals surface area contributed by atoms with Crippen LogP contribution in [0.3, 0.4) is 0 Å². The molecular weight excluding hydrogens is 428 g/mol. The maximum Gasteiger partial charge on any atom is 0.260 e. The number of amides is 1. The van der Waals surface area contributed by atoms with Crippen molar-refractivity contribution < 1.29 is 9.90 Å². The number of aromatic nitrogens is 3. The zero-order chi connectivity index (χ0) is 24.1. The molecular formula is C26H26N6O2. The molecule has 0 atom stereocenters. The lowest BCUT2D eigenvalue weighted by Crippen LogP contribution is -2.23. The van der Waals surface area contributed by atoms with Crippen molar-refractivity contribution in [1.29, 1.82) is 0 Å². The van der Waals surface area contributed by atoms with Crippen LogP contribution in [-0.2, 0) is 6.54 Å². The minimum Gasteiger partial charge on any atom is -0.508 e. The van der Waals surface area contributed by atoms with Gasteiger partial charge in [-0.2, -0.15) is 0 Å². The minimum absolute atomic E-state index is 0.147. The van der Waals surface area contributed by atoms with Gasteiger partial charge in [0.25, 0.3) is 5.91 Å². The van der Waals surface area contributed by atoms with Crippen molar-refractivity contribution in [2.24, 2.45) is 0 Å². The van der Waals surface area contributed by atoms with Crippen LogP contribution in [0.5, 0.6) is 5.75 Å². The Morgan fingerprint density at radius 2 is 1.88 bits per heavy atom. The third-order valence-electron chi connectivity index (χ3n) is 6.19. The molecule has 172 valence electrons. The summed E-state index contributed by atoms with van der Waals surface area (Å²) in [5, 5.41) is 14.0. The van der Waals surface area contributed by atoms with Gasteiger partial charge in [0, 0.05) is 17.7 Å². The van der Waals surface area contributed by atoms with Crippen molar-refractivity contribution in [2.75, 3.05) is 19.8 Å². The number of nitrogens with one attached hydrogen (secondary N) is 1. The first kappa shape index (κ1) is 21.7. The lowest BCUT2D eigenvalue weighted by atomic mass is 10.0. The van der Waals surface area contributed by atoms with E-state index in [1.807, 2.05) is 64.4 Å². The number of benzene rings is 2. The molecule has 0 radical (unpaired) electrons. The van der Waals surface area contributed by atoms with E-state index in [0.29, 0.717) is 39.2 Å². The number of anilines is 1. The fourth-order valence-corrected chi connectivity index (χ4v) is 4.65. The number of carbonyl (C=O) groups is 1. The zero-order valence-electron chi connectivity index (χ0n) is 19.5. The summed E-state index contributed by atoms with van der Waals surface area (Å²) in [7, 11) is 4.01. The molecule has 0 aliphatic carbocycles. The average Bonchev–Trinajstić information content (AvgIpc) is 2.99. The molecule has 5 rings (SSSR count). The SMILES string of the molecule is Cc1ccc(O)c(C)c1-n1c(N)c2c3c(ncnc31)C=C(c1ccccc1CN(C)C)NC2=O. The van der Waals surface area contributed by atoms with Crippen molar-refractivity contribution in [3.8, 4) is 11.4 Å². The molecule has 1 aliphatic heterocycles. The highest BCUT2D eigenvalue weighted by Crippen LogP contribution is 2.38. The summed E-state index contributed by atoms with van der Waals surface area (Å²) in [5.74, 6) is 0.0762. The van der Waals surface area contributed by atoms with E-state index in [2.05, 4.69) is 20.2 Å². The first-order valence-electron chi connectivity index (χ1n) is 11.0. The van der Waals surface area contributed by atoms with E-state index in [4.69, 9.17) is 5.73 Å². The van der Waals surface area contributed by atoms with Gasteiger partial charge in [-0.1, -0.05) is 30.3 Å². The van der Waals surface area contributed by atoms with Gasteiger partial charge in [0.2, 0.25) is 0 Å². The molecule has 3 heterocycles. The van der Waals surface area contributed by atoms with Crippen molar-refractivity contribution in [3.63, 3.8) is 0 Å². The number of hydrogen-bond acceptors (Lipinski definition) is 6. The van der Waals surface area contributed by atoms with E-state index in [1.165, 1.54) is 6.33 Å². The summed E-state index contributed by atoms with van der Waals surface area (Å²) in [4.78, 5) is 24.6. The lowest BCUT2D eigenvalue weighted by Gasteiger charge is -2.17. The van der Waals surface area contributed by atoms with Gasteiger partial charge in [-0.3, -0.25) is 9.36 Å². The van der Waals surface area contributed by atoms with Crippen molar-refractivity contribution in [3.05, 3.63) is 76.2 Å². The number of phenolic OH excluding ortho intramolecular Hbond substituents is 1. The number of phenols is 1. The molecule has 0 spiro atoms. The van der Waals surface area contributed by atoms with E-state index in [9.17, 15) is 9.90 Å². The number of nitrogen functional groups attached to an aromatic ring is 1. The minimum atomic E-state index is -0.323. The topological polar surface area (TPSA) is 109 Å². The normalized spacial score (nSPS) is 13.2. The van der Waals surface area contributed by atoms with Gasteiger partial charge in [-0.05, 0) is 51.2 Å². The van der Waals surface area contributed by atoms with Gasteiger partial charge < -0.3 is 21.1 Å². The van der Waals surface area contributed by atoms with E-state index in [-0.39, 0.29) is 17.5 Å². The van der Waals surface area contributed by atoms with Crippen LogP contribution >= 0.6 is 0 Å². The highest BCUT2D eigenvalue weighted by Gasteiger charge is 2.30. The number of nitrogens with zero attached hydrogens (tertiary/aromatic N) is 4. The molecule has 1 amide bonds. The smallest absolute Gasteiger partial charge is 0.260 e. The Kier molecular flexibility index (Phi) is 5.10. The Balaban J connectivity index is 1.78. The maximum absolute atomic E-state index is 13.6. The van der Waals surface area contributed by atoms with Gasteiger partial charge >= 0.3 is 0 Å². The Morgan fingerprint density at radius 1 is 1.12 bits per heavy atom. The Labute approximate surface area is 197 Å². The van der Waals surface area contributed by atoms with E-state index < -0.39 is 0 Å². The van der Waals surface area contributed by atoms with E-state index in [0.717, 1.165) is 23.2 Å². The van der Waals surface area contributed by atoms with Crippen LogP contribution in [0.1, 0.15) is 38.3 Å². The second-order valence-electron chi connectivity index (χ2n) is 8.84. The second kappa shape index (κ2) is 8.00. The van der Waals surface area contributed by atoms with Gasteiger partial charge in [0.05, 0.1) is 28.0 Å². The standard InChI is InChI=1S/C26H26N6O2/c1-14-9-10-20(33)15(2)23(14)32-24(27)22-21-19(28-13-29-25(21)32)11-18(30-26(22)34)17-8-6-5-7-16(17)12-31(3)4/h5-11,13,33H,12,27H2,1-4H3,(H,30,34). The fraction of sp³-hybridized carbons (Fsp3) is 0.192. The molecule has 0 saturated heterocycles. The van der Waals surface area contributed by atoms with Crippen LogP contribution in [0.15, 0.2) is 42.7 Å². The van der Waals surface area contributed by atoms with Crippen LogP contribution in [0.25, 0.3) is 28.5 Å². The average molecular weight is 455 g/mol. The predicted molar refractivity (Wildman–Crippen MR) is 134 cm³/mol.